The number of aromatic nitrogens is 2. The number of carbonyl (C=O) groups excluding carboxylic acids is 1. The summed E-state index contributed by atoms with van der Waals surface area (Å²) in [5.74, 6) is -0.442. The zero-order chi connectivity index (χ0) is 20.0. The first-order valence-electron chi connectivity index (χ1n) is 8.11. The van der Waals surface area contributed by atoms with E-state index >= 15 is 0 Å². The van der Waals surface area contributed by atoms with E-state index in [0.717, 1.165) is 16.3 Å². The average molecular weight is 381 g/mol. The molecule has 0 saturated carbocycles. The van der Waals surface area contributed by atoms with Gasteiger partial charge in [-0.15, -0.1) is 0 Å². The van der Waals surface area contributed by atoms with Gasteiger partial charge in [0.25, 0.3) is 0 Å². The quantitative estimate of drug-likeness (QED) is 0.763. The third-order valence-electron chi connectivity index (χ3n) is 4.54. The number of rotatable bonds is 3. The van der Waals surface area contributed by atoms with E-state index in [2.05, 4.69) is 10.3 Å². The molecular weight excluding hydrogens is 363 g/mol. The molecule has 0 saturated heterocycles. The van der Waals surface area contributed by atoms with Crippen LogP contribution in [0.25, 0.3) is 0 Å². The third-order valence-corrected chi connectivity index (χ3v) is 4.54. The lowest BCUT2D eigenvalue weighted by Crippen LogP contribution is -2.25. The highest BCUT2D eigenvalue weighted by atomic mass is 19.4. The van der Waals surface area contributed by atoms with Crippen molar-refractivity contribution < 1.29 is 27.5 Å². The smallest absolute Gasteiger partial charge is 0.435 e. The van der Waals surface area contributed by atoms with Gasteiger partial charge < -0.3 is 9.57 Å². The number of alkyl halides is 3. The minimum absolute atomic E-state index is 0.265. The fourth-order valence-corrected chi connectivity index (χ4v) is 3.11. The molecule has 1 unspecified atom stereocenters. The molecule has 0 fully saturated rings. The fraction of sp³-hybridized carbons (Fsp3) is 0.389. The molecule has 1 aliphatic rings. The maximum absolute atomic E-state index is 12.9. The average Bonchev–Trinajstić information content (AvgIpc) is 3.18. The molecule has 0 spiro atoms. The van der Waals surface area contributed by atoms with Crippen molar-refractivity contribution >= 4 is 11.7 Å². The lowest BCUT2D eigenvalue weighted by molar-refractivity contribution is -0.141. The summed E-state index contributed by atoms with van der Waals surface area (Å²) in [4.78, 5) is 17.2. The summed E-state index contributed by atoms with van der Waals surface area (Å²) in [5, 5.41) is 7.60. The maximum atomic E-state index is 12.9. The Bertz CT molecular complexity index is 934. The van der Waals surface area contributed by atoms with E-state index in [0.29, 0.717) is 16.8 Å². The lowest BCUT2D eigenvalue weighted by Gasteiger charge is -2.21. The molecule has 0 amide bonds. The van der Waals surface area contributed by atoms with E-state index < -0.39 is 23.4 Å². The number of hydrogen-bond acceptors (Lipinski definition) is 5. The van der Waals surface area contributed by atoms with Crippen molar-refractivity contribution in [2.24, 2.45) is 12.2 Å². The Morgan fingerprint density at radius 3 is 2.59 bits per heavy atom. The number of ether oxygens (including phenoxy) is 1. The van der Waals surface area contributed by atoms with Gasteiger partial charge in [0.1, 0.15) is 0 Å². The molecule has 9 heteroatoms. The molecule has 27 heavy (non-hydrogen) atoms. The van der Waals surface area contributed by atoms with Crippen LogP contribution in [0, 0.1) is 6.92 Å². The highest BCUT2D eigenvalue weighted by Gasteiger charge is 2.43. The molecule has 1 aromatic carbocycles. The van der Waals surface area contributed by atoms with Crippen LogP contribution in [0.2, 0.25) is 0 Å². The molecular formula is C18H18F3N3O3. The van der Waals surface area contributed by atoms with Gasteiger partial charge in [-0.3, -0.25) is 4.68 Å². The second-order valence-corrected chi connectivity index (χ2v) is 6.59. The van der Waals surface area contributed by atoms with Crippen molar-refractivity contribution in [3.63, 3.8) is 0 Å². The highest BCUT2D eigenvalue weighted by molar-refractivity contribution is 6.03. The fourth-order valence-electron chi connectivity index (χ4n) is 3.11. The van der Waals surface area contributed by atoms with Gasteiger partial charge >= 0.3 is 12.1 Å². The Morgan fingerprint density at radius 1 is 1.33 bits per heavy atom. The van der Waals surface area contributed by atoms with Crippen LogP contribution in [0.5, 0.6) is 0 Å². The SMILES string of the molecule is COC(=O)c1ccc(C2=NOC(C)(c3cc(C(F)(F)F)nn3C)C2)cc1C. The van der Waals surface area contributed by atoms with Gasteiger partial charge in [0, 0.05) is 13.5 Å². The Kier molecular flexibility index (Phi) is 4.49. The van der Waals surface area contributed by atoms with E-state index in [1.54, 1.807) is 32.0 Å². The molecule has 0 N–H and O–H groups in total. The minimum Gasteiger partial charge on any atom is -0.465 e. The van der Waals surface area contributed by atoms with E-state index in [-0.39, 0.29) is 12.1 Å². The lowest BCUT2D eigenvalue weighted by atomic mass is 9.91. The van der Waals surface area contributed by atoms with Gasteiger partial charge in [-0.25, -0.2) is 4.79 Å². The molecule has 1 atom stereocenters. The molecule has 1 aromatic heterocycles. The zero-order valence-corrected chi connectivity index (χ0v) is 15.2. The van der Waals surface area contributed by atoms with Gasteiger partial charge in [-0.2, -0.15) is 18.3 Å². The highest BCUT2D eigenvalue weighted by Crippen LogP contribution is 2.38. The standard InChI is InChI=1S/C18H18F3N3O3/c1-10-7-11(5-6-12(10)16(25)26-4)13-9-17(2,27-23-13)15-8-14(18(19,20)21)22-24(15)3/h5-8H,9H2,1-4H3. The van der Waals surface area contributed by atoms with Crippen molar-refractivity contribution in [3.05, 3.63) is 52.3 Å². The number of esters is 1. The summed E-state index contributed by atoms with van der Waals surface area (Å²) in [6, 6.07) is 6.08. The van der Waals surface area contributed by atoms with Gasteiger partial charge in [0.15, 0.2) is 11.3 Å². The Morgan fingerprint density at radius 2 is 2.04 bits per heavy atom. The monoisotopic (exact) mass is 381 g/mol. The molecule has 0 aliphatic carbocycles. The summed E-state index contributed by atoms with van der Waals surface area (Å²) < 4.78 is 44.7. The van der Waals surface area contributed by atoms with Gasteiger partial charge in [0.05, 0.1) is 24.1 Å². The van der Waals surface area contributed by atoms with E-state index in [1.165, 1.54) is 14.2 Å². The molecule has 0 bridgehead atoms. The predicted octanol–water partition coefficient (Wildman–Crippen LogP) is 3.57. The summed E-state index contributed by atoms with van der Waals surface area (Å²) in [6.45, 7) is 3.43. The molecule has 3 rings (SSSR count). The molecule has 2 heterocycles. The van der Waals surface area contributed by atoms with Crippen LogP contribution in [0.1, 0.15) is 46.2 Å². The number of oxime groups is 1. The van der Waals surface area contributed by atoms with Crippen molar-refractivity contribution in [2.75, 3.05) is 7.11 Å². The molecule has 144 valence electrons. The Balaban J connectivity index is 1.87. The van der Waals surface area contributed by atoms with E-state index in [1.807, 2.05) is 0 Å². The summed E-state index contributed by atoms with van der Waals surface area (Å²) in [7, 11) is 2.74. The second kappa shape index (κ2) is 6.40. The number of hydrogen-bond donors (Lipinski definition) is 0. The Hall–Kier alpha value is -2.84. The van der Waals surface area contributed by atoms with E-state index in [9.17, 15) is 18.0 Å². The first kappa shape index (κ1) is 18.9. The Labute approximate surface area is 153 Å². The van der Waals surface area contributed by atoms with Crippen LogP contribution >= 0.6 is 0 Å². The minimum atomic E-state index is -4.53. The molecule has 0 radical (unpaired) electrons. The summed E-state index contributed by atoms with van der Waals surface area (Å²) in [5.41, 5.74) is 0.664. The van der Waals surface area contributed by atoms with Crippen molar-refractivity contribution in [1.29, 1.82) is 0 Å². The van der Waals surface area contributed by atoms with Crippen molar-refractivity contribution in [1.82, 2.24) is 9.78 Å². The zero-order valence-electron chi connectivity index (χ0n) is 15.2. The molecule has 6 nitrogen and oxygen atoms in total. The number of benzene rings is 1. The number of methoxy groups -OCH3 is 1. The molecule has 1 aliphatic heterocycles. The van der Waals surface area contributed by atoms with Crippen LogP contribution in [-0.2, 0) is 28.4 Å². The summed E-state index contributed by atoms with van der Waals surface area (Å²) in [6.07, 6.45) is -4.27. The van der Waals surface area contributed by atoms with Gasteiger partial charge in [-0.05, 0) is 43.2 Å². The van der Waals surface area contributed by atoms with Gasteiger partial charge in [0.2, 0.25) is 0 Å². The number of nitrogens with zero attached hydrogens (tertiary/aromatic N) is 3. The van der Waals surface area contributed by atoms with Crippen LogP contribution in [0.15, 0.2) is 29.4 Å². The van der Waals surface area contributed by atoms with E-state index in [4.69, 9.17) is 9.57 Å². The van der Waals surface area contributed by atoms with Crippen LogP contribution < -0.4 is 0 Å². The number of halogens is 3. The molecule has 2 aromatic rings. The maximum Gasteiger partial charge on any atom is 0.435 e. The first-order valence-corrected chi connectivity index (χ1v) is 8.11. The van der Waals surface area contributed by atoms with Crippen LogP contribution in [0.3, 0.4) is 0 Å². The largest absolute Gasteiger partial charge is 0.465 e. The summed E-state index contributed by atoms with van der Waals surface area (Å²) >= 11 is 0. The van der Waals surface area contributed by atoms with Crippen molar-refractivity contribution in [3.8, 4) is 0 Å². The second-order valence-electron chi connectivity index (χ2n) is 6.59. The number of aryl methyl sites for hydroxylation is 2. The van der Waals surface area contributed by atoms with Crippen molar-refractivity contribution in [2.45, 2.75) is 32.0 Å². The van der Waals surface area contributed by atoms with Gasteiger partial charge in [-0.1, -0.05) is 11.2 Å². The number of carbonyl (C=O) groups is 1. The first-order chi connectivity index (χ1) is 12.5. The normalized spacial score (nSPS) is 19.6. The van der Waals surface area contributed by atoms with Crippen LogP contribution in [0.4, 0.5) is 13.2 Å². The topological polar surface area (TPSA) is 65.7 Å². The predicted molar refractivity (Wildman–Crippen MR) is 90.3 cm³/mol. The van der Waals surface area contributed by atoms with Crippen LogP contribution in [-0.4, -0.2) is 28.6 Å². The third kappa shape index (κ3) is 3.41.